The number of carboxylic acids is 1. The first-order chi connectivity index (χ1) is 15.5. The van der Waals surface area contributed by atoms with Gasteiger partial charge in [-0.15, -0.1) is 5.09 Å². The summed E-state index contributed by atoms with van der Waals surface area (Å²) in [7, 11) is -3.89. The van der Waals surface area contributed by atoms with Crippen LogP contribution < -0.4 is 15.6 Å². The molecule has 0 bridgehead atoms. The van der Waals surface area contributed by atoms with E-state index in [0.717, 1.165) is 0 Å². The van der Waals surface area contributed by atoms with Crippen LogP contribution in [-0.2, 0) is 18.6 Å². The second kappa shape index (κ2) is 8.53. The summed E-state index contributed by atoms with van der Waals surface area (Å²) in [5.74, 6) is -1.50. The van der Waals surface area contributed by atoms with E-state index in [1.807, 2.05) is 0 Å². The number of carbonyl (C=O) groups is 1. The van der Waals surface area contributed by atoms with E-state index in [9.17, 15) is 14.8 Å². The molecule has 4 rings (SSSR count). The minimum absolute atomic E-state index is 0.0823. The molecule has 2 aliphatic rings. The first kappa shape index (κ1) is 23.9. The number of ether oxygens (including phenoxy) is 2. The van der Waals surface area contributed by atoms with Gasteiger partial charge in [-0.3, -0.25) is 9.36 Å². The van der Waals surface area contributed by atoms with Crippen molar-refractivity contribution in [3.8, 4) is 5.88 Å². The van der Waals surface area contributed by atoms with E-state index in [-0.39, 0.29) is 35.5 Å². The van der Waals surface area contributed by atoms with Gasteiger partial charge in [-0.05, 0) is 19.8 Å². The maximum absolute atomic E-state index is 16.2. The predicted octanol–water partition coefficient (Wildman–Crippen LogP) is 1.22. The van der Waals surface area contributed by atoms with Crippen molar-refractivity contribution in [1.82, 2.24) is 24.6 Å². The highest BCUT2D eigenvalue weighted by molar-refractivity contribution is 7.58. The number of hydrogen-bond donors (Lipinski definition) is 4. The number of carboxylic acid groups (broad SMARTS) is 1. The minimum atomic E-state index is -3.89. The van der Waals surface area contributed by atoms with Crippen molar-refractivity contribution in [2.75, 3.05) is 18.9 Å². The minimum Gasteiger partial charge on any atom is -0.480 e. The Labute approximate surface area is 189 Å². The highest BCUT2D eigenvalue weighted by Gasteiger charge is 2.67. The molecule has 0 saturated carbocycles. The summed E-state index contributed by atoms with van der Waals surface area (Å²) in [5.41, 5.74) is 4.09. The van der Waals surface area contributed by atoms with Gasteiger partial charge in [0, 0.05) is 0 Å². The molecule has 2 aromatic rings. The third kappa shape index (κ3) is 4.22. The lowest BCUT2D eigenvalue weighted by molar-refractivity contribution is -0.140. The number of hydrogen-bond acceptors (Lipinski definition) is 11. The van der Waals surface area contributed by atoms with Gasteiger partial charge in [0.15, 0.2) is 29.2 Å². The van der Waals surface area contributed by atoms with E-state index in [1.165, 1.54) is 17.8 Å². The van der Waals surface area contributed by atoms with Crippen LogP contribution in [0.3, 0.4) is 0 Å². The van der Waals surface area contributed by atoms with Crippen LogP contribution in [0.25, 0.3) is 11.2 Å². The second-order valence-corrected chi connectivity index (χ2v) is 10.1. The summed E-state index contributed by atoms with van der Waals surface area (Å²) in [6, 6.07) is -1.15. The molecule has 4 heterocycles. The van der Waals surface area contributed by atoms with Gasteiger partial charge in [0.25, 0.3) is 0 Å². The van der Waals surface area contributed by atoms with Crippen molar-refractivity contribution < 1.29 is 37.7 Å². The molecule has 2 saturated heterocycles. The van der Waals surface area contributed by atoms with E-state index in [2.05, 4.69) is 20.0 Å². The molecule has 2 fully saturated rings. The number of aliphatic carboxylic acids is 1. The Morgan fingerprint density at radius 1 is 1.52 bits per heavy atom. The topological polar surface area (TPSA) is 176 Å². The Hall–Kier alpha value is -2.22. The number of imidazole rings is 1. The highest BCUT2D eigenvalue weighted by atomic mass is 31.2. The van der Waals surface area contributed by atoms with E-state index in [0.29, 0.717) is 6.61 Å². The lowest BCUT2D eigenvalue weighted by atomic mass is 9.98. The van der Waals surface area contributed by atoms with Gasteiger partial charge in [0.1, 0.15) is 18.8 Å². The molecule has 6 atom stereocenters. The normalized spacial score (nSPS) is 32.8. The summed E-state index contributed by atoms with van der Waals surface area (Å²) < 4.78 is 39.9. The summed E-state index contributed by atoms with van der Waals surface area (Å²) in [6.07, 6.45) is -2.05. The number of aromatic nitrogens is 4. The molecule has 0 amide bonds. The van der Waals surface area contributed by atoms with Gasteiger partial charge in [-0.25, -0.2) is 9.37 Å². The molecule has 0 aromatic carbocycles. The molecule has 2 aromatic heterocycles. The molecule has 182 valence electrons. The maximum Gasteiger partial charge on any atom is 0.500 e. The number of nitrogens with zero attached hydrogens (tertiary/aromatic N) is 4. The summed E-state index contributed by atoms with van der Waals surface area (Å²) in [6.45, 7) is 6.46. The summed E-state index contributed by atoms with van der Waals surface area (Å²) in [4.78, 5) is 34.8. The van der Waals surface area contributed by atoms with Crippen molar-refractivity contribution in [3.05, 3.63) is 6.33 Å². The van der Waals surface area contributed by atoms with Crippen molar-refractivity contribution in [3.63, 3.8) is 0 Å². The zero-order chi connectivity index (χ0) is 24.1. The molecule has 33 heavy (non-hydrogen) atoms. The van der Waals surface area contributed by atoms with Gasteiger partial charge < -0.3 is 20.3 Å². The van der Waals surface area contributed by atoms with Gasteiger partial charge in [0.2, 0.25) is 11.8 Å². The molecule has 0 radical (unpaired) electrons. The molecule has 5 N–H and O–H groups in total. The number of nitrogen functional groups attached to an aromatic ring is 1. The first-order valence-corrected chi connectivity index (χ1v) is 12.0. The zero-order valence-corrected chi connectivity index (χ0v) is 19.4. The number of nitrogens with two attached hydrogens (primary N) is 1. The predicted molar refractivity (Wildman–Crippen MR) is 114 cm³/mol. The average molecular weight is 489 g/mol. The van der Waals surface area contributed by atoms with Crippen molar-refractivity contribution in [2.24, 2.45) is 5.92 Å². The van der Waals surface area contributed by atoms with Crippen molar-refractivity contribution >= 4 is 31.2 Å². The maximum atomic E-state index is 16.2. The van der Waals surface area contributed by atoms with Gasteiger partial charge in [-0.1, -0.05) is 13.8 Å². The Bertz CT molecular complexity index is 1050. The molecular formula is C18H27FN6O7P+. The number of anilines is 1. The largest absolute Gasteiger partial charge is 0.500 e. The van der Waals surface area contributed by atoms with Crippen LogP contribution in [0.2, 0.25) is 0 Å². The van der Waals surface area contributed by atoms with Crippen molar-refractivity contribution in [2.45, 2.75) is 57.8 Å². The fourth-order valence-electron chi connectivity index (χ4n) is 3.92. The number of fused-ring (bicyclic) bond motifs is 2. The Morgan fingerprint density at radius 3 is 2.88 bits per heavy atom. The van der Waals surface area contributed by atoms with Gasteiger partial charge in [-0.2, -0.15) is 23.9 Å². The lowest BCUT2D eigenvalue weighted by Gasteiger charge is -2.33. The zero-order valence-electron chi connectivity index (χ0n) is 18.5. The molecule has 0 spiro atoms. The van der Waals surface area contributed by atoms with Gasteiger partial charge in [0.05, 0.1) is 12.9 Å². The lowest BCUT2D eigenvalue weighted by Crippen LogP contribution is -2.50. The smallest absolute Gasteiger partial charge is 0.480 e. The number of alkyl halides is 1. The van der Waals surface area contributed by atoms with E-state index < -0.39 is 44.2 Å². The third-order valence-electron chi connectivity index (χ3n) is 5.53. The van der Waals surface area contributed by atoms with Crippen LogP contribution in [0.5, 0.6) is 5.88 Å². The Morgan fingerprint density at radius 2 is 2.24 bits per heavy atom. The molecule has 15 heteroatoms. The SMILES string of the molecule is CCOc1nc(N)nc2c1ncn2[C@@H]1O[C@@H]2CO[P+](O)(NC(C(=O)O)C(C)C)O[C@H]2[C@@]1(C)F. The van der Waals surface area contributed by atoms with Crippen molar-refractivity contribution in [1.29, 1.82) is 0 Å². The van der Waals surface area contributed by atoms with Crippen LogP contribution in [0.1, 0.15) is 33.9 Å². The number of nitrogens with one attached hydrogen (secondary N) is 1. The second-order valence-electron chi connectivity index (χ2n) is 8.35. The number of halogens is 1. The number of rotatable bonds is 7. The molecule has 0 aliphatic carbocycles. The molecule has 2 aliphatic heterocycles. The molecular weight excluding hydrogens is 462 g/mol. The summed E-state index contributed by atoms with van der Waals surface area (Å²) >= 11 is 0. The molecule has 2 unspecified atom stereocenters. The Kier molecular flexibility index (Phi) is 6.18. The van der Waals surface area contributed by atoms with Gasteiger partial charge >= 0.3 is 14.1 Å². The van der Waals surface area contributed by atoms with Crippen LogP contribution in [0, 0.1) is 5.92 Å². The van der Waals surface area contributed by atoms with Crippen LogP contribution >= 0.6 is 8.09 Å². The van der Waals surface area contributed by atoms with E-state index in [4.69, 9.17) is 24.3 Å². The standard InChI is InChI=1S/C18H26FN6O7P/c1-5-29-14-11-13(22-17(20)23-14)25(7-21-11)16-18(4,19)12-9(31-16)6-30-33(28,32-12)24-10(8(2)3)15(26)27/h7-10,12,16,24,28H,5-6H2,1-4H3,(H2-,20,22,23,26,27)/p+1/t9-,10?,12-,16-,18-,33?/m1/s1. The average Bonchev–Trinajstić information content (AvgIpc) is 3.24. The monoisotopic (exact) mass is 489 g/mol. The molecule has 13 nitrogen and oxygen atoms in total. The van der Waals surface area contributed by atoms with E-state index >= 15 is 4.39 Å². The Balaban J connectivity index is 1.63. The van der Waals surface area contributed by atoms with Crippen LogP contribution in [0.4, 0.5) is 10.3 Å². The third-order valence-corrected chi connectivity index (χ3v) is 7.14. The van der Waals surface area contributed by atoms with Crippen LogP contribution in [-0.4, -0.2) is 72.6 Å². The summed E-state index contributed by atoms with van der Waals surface area (Å²) in [5, 5.41) is 11.9. The highest BCUT2D eigenvalue weighted by Crippen LogP contribution is 2.62. The fraction of sp³-hybridized carbons (Fsp3) is 0.667. The van der Waals surface area contributed by atoms with E-state index in [1.54, 1.807) is 20.8 Å². The van der Waals surface area contributed by atoms with Crippen LogP contribution in [0.15, 0.2) is 6.33 Å². The fourth-order valence-corrected chi connectivity index (χ4v) is 5.87. The quantitative estimate of drug-likeness (QED) is 0.410. The first-order valence-electron chi connectivity index (χ1n) is 10.4.